The average Bonchev–Trinajstić information content (AvgIpc) is 2.83. The molecule has 1 aromatic carbocycles. The van der Waals surface area contributed by atoms with Gasteiger partial charge < -0.3 is 9.30 Å². The highest BCUT2D eigenvalue weighted by Gasteiger charge is 2.19. The number of imidazole rings is 1. The number of hydrogen-bond acceptors (Lipinski definition) is 3. The largest absolute Gasteiger partial charge is 0.465 e. The summed E-state index contributed by atoms with van der Waals surface area (Å²) in [6, 6.07) is 7.63. The van der Waals surface area contributed by atoms with E-state index in [0.717, 1.165) is 24.2 Å². The number of benzene rings is 1. The van der Waals surface area contributed by atoms with Crippen LogP contribution in [-0.4, -0.2) is 22.6 Å². The molecule has 4 heteroatoms. The molecule has 0 atom stereocenters. The van der Waals surface area contributed by atoms with Crippen LogP contribution in [0.4, 0.5) is 0 Å². The van der Waals surface area contributed by atoms with E-state index in [1.54, 1.807) is 0 Å². The maximum atomic E-state index is 11.9. The van der Waals surface area contributed by atoms with Gasteiger partial charge in [0.2, 0.25) is 0 Å². The molecule has 1 aromatic heterocycles. The molecule has 0 fully saturated rings. The number of methoxy groups -OCH3 is 1. The van der Waals surface area contributed by atoms with Crippen molar-refractivity contribution >= 4 is 5.97 Å². The van der Waals surface area contributed by atoms with Crippen molar-refractivity contribution in [3.8, 4) is 0 Å². The van der Waals surface area contributed by atoms with Crippen LogP contribution >= 0.6 is 0 Å². The number of nitrogens with zero attached hydrogens (tertiary/aromatic N) is 2. The lowest BCUT2D eigenvalue weighted by molar-refractivity contribution is 0.0599. The molecule has 0 saturated heterocycles. The van der Waals surface area contributed by atoms with Crippen LogP contribution in [0.25, 0.3) is 0 Å². The van der Waals surface area contributed by atoms with Gasteiger partial charge in [0.15, 0.2) is 0 Å². The highest BCUT2D eigenvalue weighted by atomic mass is 16.5. The normalized spacial score (nSPS) is 13.8. The maximum absolute atomic E-state index is 11.9. The Morgan fingerprint density at radius 3 is 2.86 bits per heavy atom. The van der Waals surface area contributed by atoms with Gasteiger partial charge in [0.1, 0.15) is 5.82 Å². The van der Waals surface area contributed by atoms with Crippen LogP contribution in [0, 0.1) is 6.92 Å². The zero-order chi connectivity index (χ0) is 14.8. The van der Waals surface area contributed by atoms with Gasteiger partial charge in [-0.15, -0.1) is 0 Å². The molecule has 110 valence electrons. The van der Waals surface area contributed by atoms with E-state index >= 15 is 0 Å². The van der Waals surface area contributed by atoms with E-state index in [1.807, 2.05) is 31.2 Å². The number of aryl methyl sites for hydroxylation is 2. The standard InChI is InChI=1S/C17H20N2O2/c1-12-18-15-9-5-6-10-16(15)19(12)11-13-7-3-4-8-14(13)17(20)21-2/h3-4,7-8H,5-6,9-11H2,1-2H3. The van der Waals surface area contributed by atoms with Crippen molar-refractivity contribution in [3.63, 3.8) is 0 Å². The fourth-order valence-corrected chi connectivity index (χ4v) is 3.08. The van der Waals surface area contributed by atoms with Crippen LogP contribution in [0.2, 0.25) is 0 Å². The molecular formula is C17H20N2O2. The van der Waals surface area contributed by atoms with Crippen molar-refractivity contribution in [2.45, 2.75) is 39.2 Å². The molecule has 0 saturated carbocycles. The topological polar surface area (TPSA) is 44.1 Å². The molecule has 0 amide bonds. The Kier molecular flexibility index (Phi) is 3.78. The highest BCUT2D eigenvalue weighted by Crippen LogP contribution is 2.24. The number of carbonyl (C=O) groups is 1. The lowest BCUT2D eigenvalue weighted by Crippen LogP contribution is -2.13. The van der Waals surface area contributed by atoms with Crippen molar-refractivity contribution in [1.82, 2.24) is 9.55 Å². The Hall–Kier alpha value is -2.10. The molecule has 3 rings (SSSR count). The monoisotopic (exact) mass is 284 g/mol. The molecule has 0 radical (unpaired) electrons. The van der Waals surface area contributed by atoms with Crippen molar-refractivity contribution in [3.05, 3.63) is 52.6 Å². The van der Waals surface area contributed by atoms with Crippen LogP contribution < -0.4 is 0 Å². The number of fused-ring (bicyclic) bond motifs is 1. The minimum absolute atomic E-state index is 0.280. The number of esters is 1. The van der Waals surface area contributed by atoms with Crippen molar-refractivity contribution in [1.29, 1.82) is 0 Å². The number of ether oxygens (including phenoxy) is 1. The van der Waals surface area contributed by atoms with Gasteiger partial charge in [-0.3, -0.25) is 0 Å². The summed E-state index contributed by atoms with van der Waals surface area (Å²) in [5.74, 6) is 0.749. The third kappa shape index (κ3) is 2.58. The summed E-state index contributed by atoms with van der Waals surface area (Å²) in [7, 11) is 1.42. The van der Waals surface area contributed by atoms with E-state index in [1.165, 1.54) is 31.3 Å². The Morgan fingerprint density at radius 2 is 2.05 bits per heavy atom. The second-order valence-electron chi connectivity index (χ2n) is 5.49. The van der Waals surface area contributed by atoms with Gasteiger partial charge in [0.25, 0.3) is 0 Å². The first-order valence-electron chi connectivity index (χ1n) is 7.42. The number of rotatable bonds is 3. The summed E-state index contributed by atoms with van der Waals surface area (Å²) in [4.78, 5) is 16.6. The first kappa shape index (κ1) is 13.9. The third-order valence-corrected chi connectivity index (χ3v) is 4.17. The molecule has 0 aliphatic heterocycles. The Bertz CT molecular complexity index is 673. The van der Waals surface area contributed by atoms with Gasteiger partial charge in [-0.2, -0.15) is 0 Å². The van der Waals surface area contributed by atoms with Gasteiger partial charge in [0, 0.05) is 12.2 Å². The number of hydrogen-bond donors (Lipinski definition) is 0. The zero-order valence-corrected chi connectivity index (χ0v) is 12.6. The summed E-state index contributed by atoms with van der Waals surface area (Å²) in [6.07, 6.45) is 4.59. The fourth-order valence-electron chi connectivity index (χ4n) is 3.08. The molecule has 0 bridgehead atoms. The molecule has 1 aliphatic carbocycles. The fraction of sp³-hybridized carbons (Fsp3) is 0.412. The number of aromatic nitrogens is 2. The summed E-state index contributed by atoms with van der Waals surface area (Å²) >= 11 is 0. The van der Waals surface area contributed by atoms with Crippen molar-refractivity contribution < 1.29 is 9.53 Å². The van der Waals surface area contributed by atoms with Gasteiger partial charge in [-0.05, 0) is 44.2 Å². The predicted molar refractivity (Wildman–Crippen MR) is 80.5 cm³/mol. The summed E-state index contributed by atoms with van der Waals surface area (Å²) < 4.78 is 7.12. The zero-order valence-electron chi connectivity index (χ0n) is 12.6. The van der Waals surface area contributed by atoms with E-state index in [4.69, 9.17) is 4.74 Å². The van der Waals surface area contributed by atoms with Gasteiger partial charge in [-0.1, -0.05) is 18.2 Å². The quantitative estimate of drug-likeness (QED) is 0.814. The summed E-state index contributed by atoms with van der Waals surface area (Å²) in [6.45, 7) is 2.72. The van der Waals surface area contributed by atoms with Crippen LogP contribution in [0.5, 0.6) is 0 Å². The molecule has 0 N–H and O–H groups in total. The van der Waals surface area contributed by atoms with E-state index in [2.05, 4.69) is 9.55 Å². The maximum Gasteiger partial charge on any atom is 0.338 e. The van der Waals surface area contributed by atoms with E-state index < -0.39 is 0 Å². The SMILES string of the molecule is COC(=O)c1ccccc1Cn1c(C)nc2c1CCCC2. The van der Waals surface area contributed by atoms with E-state index in [-0.39, 0.29) is 5.97 Å². The summed E-state index contributed by atoms with van der Waals surface area (Å²) in [5, 5.41) is 0. The molecule has 21 heavy (non-hydrogen) atoms. The Balaban J connectivity index is 1.98. The Labute approximate surface area is 124 Å². The van der Waals surface area contributed by atoms with Gasteiger partial charge in [-0.25, -0.2) is 9.78 Å². The smallest absolute Gasteiger partial charge is 0.338 e. The van der Waals surface area contributed by atoms with Crippen LogP contribution in [0.15, 0.2) is 24.3 Å². The second kappa shape index (κ2) is 5.72. The molecule has 2 aromatic rings. The van der Waals surface area contributed by atoms with E-state index in [9.17, 15) is 4.79 Å². The molecular weight excluding hydrogens is 264 g/mol. The van der Waals surface area contributed by atoms with Crippen LogP contribution in [-0.2, 0) is 24.1 Å². The first-order chi connectivity index (χ1) is 10.2. The first-order valence-corrected chi connectivity index (χ1v) is 7.42. The predicted octanol–water partition coefficient (Wildman–Crippen LogP) is 2.91. The summed E-state index contributed by atoms with van der Waals surface area (Å²) in [5.41, 5.74) is 4.18. The molecule has 1 heterocycles. The molecule has 0 unspecified atom stereocenters. The highest BCUT2D eigenvalue weighted by molar-refractivity contribution is 5.90. The number of carbonyl (C=O) groups excluding carboxylic acids is 1. The third-order valence-electron chi connectivity index (χ3n) is 4.17. The molecule has 1 aliphatic rings. The molecule has 0 spiro atoms. The van der Waals surface area contributed by atoms with Crippen molar-refractivity contribution in [2.24, 2.45) is 0 Å². The molecule has 4 nitrogen and oxygen atoms in total. The minimum atomic E-state index is -0.280. The van der Waals surface area contributed by atoms with E-state index in [0.29, 0.717) is 12.1 Å². The lowest BCUT2D eigenvalue weighted by atomic mass is 10.0. The minimum Gasteiger partial charge on any atom is -0.465 e. The Morgan fingerprint density at radius 1 is 1.29 bits per heavy atom. The van der Waals surface area contributed by atoms with Crippen LogP contribution in [0.3, 0.4) is 0 Å². The van der Waals surface area contributed by atoms with Crippen molar-refractivity contribution in [2.75, 3.05) is 7.11 Å². The second-order valence-corrected chi connectivity index (χ2v) is 5.49. The van der Waals surface area contributed by atoms with Gasteiger partial charge in [0.05, 0.1) is 18.4 Å². The average molecular weight is 284 g/mol. The van der Waals surface area contributed by atoms with Gasteiger partial charge >= 0.3 is 5.97 Å². The lowest BCUT2D eigenvalue weighted by Gasteiger charge is -2.16. The van der Waals surface area contributed by atoms with Crippen LogP contribution in [0.1, 0.15) is 46.0 Å².